The van der Waals surface area contributed by atoms with Crippen LogP contribution in [0.1, 0.15) is 24.8 Å². The number of hydrogen-bond donors (Lipinski definition) is 1. The lowest BCUT2D eigenvalue weighted by Gasteiger charge is -2.31. The molecule has 1 saturated heterocycles. The second-order valence-electron chi connectivity index (χ2n) is 5.97. The zero-order valence-electron chi connectivity index (χ0n) is 13.7. The van der Waals surface area contributed by atoms with Crippen LogP contribution in [0, 0.1) is 18.3 Å². The maximum atomic E-state index is 12.1. The Morgan fingerprint density at radius 1 is 1.30 bits per heavy atom. The fourth-order valence-electron chi connectivity index (χ4n) is 2.83. The number of aryl methyl sites for hydroxylation is 1. The largest absolute Gasteiger partial charge is 0.369 e. The summed E-state index contributed by atoms with van der Waals surface area (Å²) in [5, 5.41) is 3.02. The Bertz CT molecular complexity index is 502. The van der Waals surface area contributed by atoms with E-state index in [1.54, 1.807) is 0 Å². The Labute approximate surface area is 139 Å². The van der Waals surface area contributed by atoms with Gasteiger partial charge in [0.25, 0.3) is 0 Å². The molecule has 2 rings (SSSR count). The number of urea groups is 1. The van der Waals surface area contributed by atoms with E-state index in [4.69, 9.17) is 11.2 Å². The van der Waals surface area contributed by atoms with E-state index in [-0.39, 0.29) is 6.03 Å². The highest BCUT2D eigenvalue weighted by atomic mass is 16.5. The van der Waals surface area contributed by atoms with Crippen molar-refractivity contribution in [3.8, 4) is 12.3 Å². The number of carbonyl (C=O) groups excluding carboxylic acids is 1. The highest BCUT2D eigenvalue weighted by Crippen LogP contribution is 2.17. The van der Waals surface area contributed by atoms with Crippen molar-refractivity contribution in [2.24, 2.45) is 5.92 Å². The molecule has 0 saturated carbocycles. The van der Waals surface area contributed by atoms with E-state index in [9.17, 15) is 4.79 Å². The van der Waals surface area contributed by atoms with E-state index in [1.165, 1.54) is 5.56 Å². The number of benzene rings is 1. The monoisotopic (exact) mass is 314 g/mol. The summed E-state index contributed by atoms with van der Waals surface area (Å²) in [5.41, 5.74) is 1.31. The van der Waals surface area contributed by atoms with Gasteiger partial charge in [-0.1, -0.05) is 36.3 Å². The molecule has 1 aromatic rings. The minimum atomic E-state index is 0.0565. The molecule has 0 unspecified atom stereocenters. The van der Waals surface area contributed by atoms with Gasteiger partial charge in [-0.3, -0.25) is 0 Å². The van der Waals surface area contributed by atoms with Gasteiger partial charge in [0.1, 0.15) is 6.61 Å². The summed E-state index contributed by atoms with van der Waals surface area (Å²) in [4.78, 5) is 14.0. The van der Waals surface area contributed by atoms with Crippen molar-refractivity contribution in [3.05, 3.63) is 35.9 Å². The molecular weight excluding hydrogens is 288 g/mol. The molecule has 0 atom stereocenters. The van der Waals surface area contributed by atoms with Gasteiger partial charge in [0.15, 0.2) is 0 Å². The predicted molar refractivity (Wildman–Crippen MR) is 92.1 cm³/mol. The molecule has 1 fully saturated rings. The van der Waals surface area contributed by atoms with Crippen LogP contribution >= 0.6 is 0 Å². The molecule has 1 aliphatic rings. The van der Waals surface area contributed by atoms with E-state index in [0.717, 1.165) is 45.3 Å². The molecule has 0 bridgehead atoms. The summed E-state index contributed by atoms with van der Waals surface area (Å²) in [6, 6.07) is 10.4. The number of carbonyl (C=O) groups is 1. The zero-order valence-corrected chi connectivity index (χ0v) is 13.7. The van der Waals surface area contributed by atoms with Crippen molar-refractivity contribution in [1.82, 2.24) is 10.2 Å². The Morgan fingerprint density at radius 2 is 2.04 bits per heavy atom. The highest BCUT2D eigenvalue weighted by Gasteiger charge is 2.22. The van der Waals surface area contributed by atoms with Gasteiger partial charge >= 0.3 is 6.03 Å². The number of piperidine rings is 1. The summed E-state index contributed by atoms with van der Waals surface area (Å²) >= 11 is 0. The number of hydrogen-bond acceptors (Lipinski definition) is 2. The lowest BCUT2D eigenvalue weighted by molar-refractivity contribution is 0.0911. The zero-order chi connectivity index (χ0) is 16.3. The van der Waals surface area contributed by atoms with Gasteiger partial charge in [-0.05, 0) is 37.2 Å². The first-order valence-electron chi connectivity index (χ1n) is 8.37. The summed E-state index contributed by atoms with van der Waals surface area (Å²) in [5.74, 6) is 3.00. The Balaban J connectivity index is 1.57. The topological polar surface area (TPSA) is 41.6 Å². The third-order valence-electron chi connectivity index (χ3n) is 4.20. The quantitative estimate of drug-likeness (QED) is 0.621. The van der Waals surface area contributed by atoms with Crippen molar-refractivity contribution < 1.29 is 9.53 Å². The molecule has 124 valence electrons. The number of terminal acetylenes is 1. The van der Waals surface area contributed by atoms with Crippen LogP contribution in [0.15, 0.2) is 30.3 Å². The van der Waals surface area contributed by atoms with E-state index in [2.05, 4.69) is 23.4 Å². The molecule has 1 N–H and O–H groups in total. The van der Waals surface area contributed by atoms with Gasteiger partial charge in [-0.2, -0.15) is 0 Å². The van der Waals surface area contributed by atoms with Crippen molar-refractivity contribution in [3.63, 3.8) is 0 Å². The van der Waals surface area contributed by atoms with Crippen molar-refractivity contribution in [1.29, 1.82) is 0 Å². The average Bonchev–Trinajstić information content (AvgIpc) is 2.60. The first-order valence-corrected chi connectivity index (χ1v) is 8.37. The second kappa shape index (κ2) is 9.91. The molecule has 1 aromatic carbocycles. The maximum Gasteiger partial charge on any atom is 0.317 e. The van der Waals surface area contributed by atoms with Crippen LogP contribution < -0.4 is 5.32 Å². The van der Waals surface area contributed by atoms with Crippen LogP contribution in [0.3, 0.4) is 0 Å². The molecule has 1 heterocycles. The summed E-state index contributed by atoms with van der Waals surface area (Å²) < 4.78 is 5.38. The van der Waals surface area contributed by atoms with Crippen molar-refractivity contribution in [2.45, 2.75) is 25.7 Å². The molecule has 4 nitrogen and oxygen atoms in total. The van der Waals surface area contributed by atoms with Crippen LogP contribution in [0.25, 0.3) is 0 Å². The molecule has 0 aliphatic carbocycles. The molecule has 23 heavy (non-hydrogen) atoms. The number of nitrogens with one attached hydrogen (secondary N) is 1. The molecule has 0 spiro atoms. The Hall–Kier alpha value is -1.99. The van der Waals surface area contributed by atoms with E-state index in [1.807, 2.05) is 23.1 Å². The number of ether oxygens (including phenoxy) is 1. The van der Waals surface area contributed by atoms with Crippen LogP contribution in [-0.4, -0.2) is 43.8 Å². The lowest BCUT2D eigenvalue weighted by atomic mass is 9.98. The molecule has 2 amide bonds. The maximum absolute atomic E-state index is 12.1. The Kier molecular flexibility index (Phi) is 7.48. The summed E-state index contributed by atoms with van der Waals surface area (Å²) in [6.07, 6.45) is 9.10. The lowest BCUT2D eigenvalue weighted by Crippen LogP contribution is -2.45. The van der Waals surface area contributed by atoms with Crippen LogP contribution in [0.4, 0.5) is 4.79 Å². The van der Waals surface area contributed by atoms with Gasteiger partial charge in [-0.25, -0.2) is 4.79 Å². The highest BCUT2D eigenvalue weighted by molar-refractivity contribution is 5.74. The van der Waals surface area contributed by atoms with E-state index in [0.29, 0.717) is 19.1 Å². The number of amides is 2. The van der Waals surface area contributed by atoms with Crippen LogP contribution in [-0.2, 0) is 11.2 Å². The predicted octanol–water partition coefficient (Wildman–Crippen LogP) is 2.69. The minimum Gasteiger partial charge on any atom is -0.369 e. The van der Waals surface area contributed by atoms with Gasteiger partial charge in [-0.15, -0.1) is 6.42 Å². The van der Waals surface area contributed by atoms with Crippen molar-refractivity contribution >= 4 is 6.03 Å². The third-order valence-corrected chi connectivity index (χ3v) is 4.20. The number of rotatable bonds is 7. The molecule has 1 aliphatic heterocycles. The first kappa shape index (κ1) is 17.4. The van der Waals surface area contributed by atoms with E-state index < -0.39 is 0 Å². The molecule has 0 aromatic heterocycles. The standard InChI is InChI=1S/C19H26N2O2/c1-2-15-23-16-18-10-13-21(14-11-18)19(22)20-12-6-9-17-7-4-3-5-8-17/h1,3-5,7-8,18H,6,9-16H2,(H,20,22). The first-order chi connectivity index (χ1) is 11.3. The van der Waals surface area contributed by atoms with Gasteiger partial charge in [0.05, 0.1) is 6.61 Å². The minimum absolute atomic E-state index is 0.0565. The fourth-order valence-corrected chi connectivity index (χ4v) is 2.83. The van der Waals surface area contributed by atoms with Crippen molar-refractivity contribution in [2.75, 3.05) is 32.8 Å². The molecule has 0 radical (unpaired) electrons. The molecule has 4 heteroatoms. The van der Waals surface area contributed by atoms with Gasteiger partial charge in [0, 0.05) is 19.6 Å². The van der Waals surface area contributed by atoms with E-state index >= 15 is 0 Å². The van der Waals surface area contributed by atoms with Gasteiger partial charge in [0.2, 0.25) is 0 Å². The fraction of sp³-hybridized carbons (Fsp3) is 0.526. The van der Waals surface area contributed by atoms with Crippen LogP contribution in [0.5, 0.6) is 0 Å². The second-order valence-corrected chi connectivity index (χ2v) is 5.97. The molecular formula is C19H26N2O2. The SMILES string of the molecule is C#CCOCC1CCN(C(=O)NCCCc2ccccc2)CC1. The average molecular weight is 314 g/mol. The van der Waals surface area contributed by atoms with Crippen LogP contribution in [0.2, 0.25) is 0 Å². The normalized spacial score (nSPS) is 15.2. The number of likely N-dealkylation sites (tertiary alicyclic amines) is 1. The summed E-state index contributed by atoms with van der Waals surface area (Å²) in [6.45, 7) is 3.40. The summed E-state index contributed by atoms with van der Waals surface area (Å²) in [7, 11) is 0. The smallest absolute Gasteiger partial charge is 0.317 e. The number of nitrogens with zero attached hydrogens (tertiary/aromatic N) is 1. The third kappa shape index (κ3) is 6.33. The Morgan fingerprint density at radius 3 is 2.74 bits per heavy atom. The van der Waals surface area contributed by atoms with Gasteiger partial charge < -0.3 is 15.0 Å².